The fraction of sp³-hybridized carbons (Fsp3) is 1.00. The first kappa shape index (κ1) is 11.8. The van der Waals surface area contributed by atoms with Crippen molar-refractivity contribution in [1.82, 2.24) is 9.80 Å². The molecule has 0 aromatic heterocycles. The van der Waals surface area contributed by atoms with Gasteiger partial charge in [-0.05, 0) is 20.9 Å². The molecule has 1 aliphatic rings. The largest absolute Gasteiger partial charge is 0.304 e. The maximum absolute atomic E-state index is 9.50. The number of likely N-dealkylation sites (N-methyl/N-ethyl adjacent to an activating group) is 1. The van der Waals surface area contributed by atoms with Gasteiger partial charge in [-0.3, -0.25) is 9.29 Å². The zero-order valence-electron chi connectivity index (χ0n) is 8.68. The second-order valence-corrected chi connectivity index (χ2v) is 3.43. The molecule has 1 heterocycles. The summed E-state index contributed by atoms with van der Waals surface area (Å²) in [5, 5.41) is 0. The molecule has 74 valence electrons. The molecule has 0 saturated carbocycles. The van der Waals surface area contributed by atoms with Crippen LogP contribution in [0.2, 0.25) is 0 Å². The van der Waals surface area contributed by atoms with Crippen LogP contribution in [0.1, 0.15) is 13.8 Å². The van der Waals surface area contributed by atoms with Gasteiger partial charge in [0.05, 0.1) is 7.18 Å². The third-order valence-corrected chi connectivity index (χ3v) is 2.27. The van der Waals surface area contributed by atoms with Crippen LogP contribution >= 0.6 is 0 Å². The van der Waals surface area contributed by atoms with E-state index in [2.05, 4.69) is 30.7 Å². The Labute approximate surface area is 75.3 Å². The van der Waals surface area contributed by atoms with Gasteiger partial charge in [0, 0.05) is 32.2 Å². The van der Waals surface area contributed by atoms with Gasteiger partial charge in [-0.15, -0.1) is 0 Å². The van der Waals surface area contributed by atoms with Gasteiger partial charge in [-0.1, -0.05) is 0 Å². The molecule has 1 fully saturated rings. The third kappa shape index (κ3) is 4.02. The minimum atomic E-state index is 0.500. The lowest BCUT2D eigenvalue weighted by atomic mass is 10.2. The average molecular weight is 176 g/mol. The molecule has 0 atom stereocenters. The number of piperazine rings is 1. The second kappa shape index (κ2) is 6.38. The molecule has 0 amide bonds. The molecule has 0 aromatic rings. The van der Waals surface area contributed by atoms with Crippen LogP contribution in [0.5, 0.6) is 0 Å². The highest BCUT2D eigenvalue weighted by molar-refractivity contribution is 4.71. The summed E-state index contributed by atoms with van der Waals surface area (Å²) in [5.41, 5.74) is 0. The maximum atomic E-state index is 9.50. The predicted molar refractivity (Wildman–Crippen MR) is 51.2 cm³/mol. The van der Waals surface area contributed by atoms with E-state index in [-0.39, 0.29) is 0 Å². The molecule has 0 radical (unpaired) electrons. The van der Waals surface area contributed by atoms with Crippen LogP contribution in [0.25, 0.3) is 0 Å². The van der Waals surface area contributed by atoms with Crippen molar-refractivity contribution < 1.29 is 4.39 Å². The smallest absolute Gasteiger partial charge is 0.0785 e. The summed E-state index contributed by atoms with van der Waals surface area (Å²) in [4.78, 5) is 4.92. The Bertz CT molecular complexity index is 98.7. The summed E-state index contributed by atoms with van der Waals surface area (Å²) in [6.07, 6.45) is 0. The van der Waals surface area contributed by atoms with Crippen LogP contribution in [-0.2, 0) is 0 Å². The Balaban J connectivity index is 0.000000561. The first-order chi connectivity index (χ1) is 5.70. The molecule has 3 heteroatoms. The third-order valence-electron chi connectivity index (χ3n) is 2.27. The Hall–Kier alpha value is -0.150. The van der Waals surface area contributed by atoms with Gasteiger partial charge in [-0.2, -0.15) is 0 Å². The van der Waals surface area contributed by atoms with E-state index < -0.39 is 0 Å². The van der Waals surface area contributed by atoms with Crippen LogP contribution < -0.4 is 0 Å². The van der Waals surface area contributed by atoms with Crippen molar-refractivity contribution in [3.8, 4) is 0 Å². The van der Waals surface area contributed by atoms with E-state index in [0.717, 1.165) is 6.04 Å². The number of hydrogen-bond acceptors (Lipinski definition) is 2. The van der Waals surface area contributed by atoms with Gasteiger partial charge in [-0.25, -0.2) is 0 Å². The molecule has 1 saturated heterocycles. The minimum absolute atomic E-state index is 0.500. The number of halogens is 1. The van der Waals surface area contributed by atoms with Gasteiger partial charge in [0.2, 0.25) is 0 Å². The van der Waals surface area contributed by atoms with Crippen molar-refractivity contribution in [2.45, 2.75) is 19.9 Å². The lowest BCUT2D eigenvalue weighted by Gasteiger charge is -2.34. The SMILES string of the molecule is CC(C)N1CCN(C)CC1.CF. The normalized spacial score (nSPS) is 20.5. The van der Waals surface area contributed by atoms with Crippen molar-refractivity contribution in [2.24, 2.45) is 0 Å². The van der Waals surface area contributed by atoms with Crippen molar-refractivity contribution in [2.75, 3.05) is 40.4 Å². The highest BCUT2D eigenvalue weighted by atomic mass is 19.1. The van der Waals surface area contributed by atoms with Crippen molar-refractivity contribution >= 4 is 0 Å². The molecule has 0 unspecified atom stereocenters. The lowest BCUT2D eigenvalue weighted by molar-refractivity contribution is 0.126. The first-order valence-corrected chi connectivity index (χ1v) is 4.50. The van der Waals surface area contributed by atoms with Crippen LogP contribution in [0.4, 0.5) is 4.39 Å². The zero-order chi connectivity index (χ0) is 9.56. The number of alkyl halides is 1. The average Bonchev–Trinajstić information content (AvgIpc) is 2.09. The summed E-state index contributed by atoms with van der Waals surface area (Å²) in [5.74, 6) is 0. The summed E-state index contributed by atoms with van der Waals surface area (Å²) >= 11 is 0. The van der Waals surface area contributed by atoms with E-state index in [1.54, 1.807) is 0 Å². The molecule has 2 nitrogen and oxygen atoms in total. The minimum Gasteiger partial charge on any atom is -0.304 e. The van der Waals surface area contributed by atoms with E-state index in [1.165, 1.54) is 26.2 Å². The molecule has 0 aromatic carbocycles. The van der Waals surface area contributed by atoms with E-state index in [0.29, 0.717) is 7.18 Å². The monoisotopic (exact) mass is 176 g/mol. The lowest BCUT2D eigenvalue weighted by Crippen LogP contribution is -2.47. The summed E-state index contributed by atoms with van der Waals surface area (Å²) in [6.45, 7) is 9.50. The van der Waals surface area contributed by atoms with Crippen LogP contribution in [-0.4, -0.2) is 56.2 Å². The number of rotatable bonds is 1. The van der Waals surface area contributed by atoms with Crippen molar-refractivity contribution in [3.05, 3.63) is 0 Å². The number of hydrogen-bond donors (Lipinski definition) is 0. The van der Waals surface area contributed by atoms with Gasteiger partial charge in [0.25, 0.3) is 0 Å². The van der Waals surface area contributed by atoms with Crippen molar-refractivity contribution in [3.63, 3.8) is 0 Å². The summed E-state index contributed by atoms with van der Waals surface area (Å²) < 4.78 is 9.50. The number of nitrogens with zero attached hydrogens (tertiary/aromatic N) is 2. The Morgan fingerprint density at radius 2 is 1.42 bits per heavy atom. The van der Waals surface area contributed by atoms with Gasteiger partial charge in [0.1, 0.15) is 0 Å². The Kier molecular flexibility index (Phi) is 6.30. The molecule has 0 bridgehead atoms. The Morgan fingerprint density at radius 3 is 1.75 bits per heavy atom. The zero-order valence-corrected chi connectivity index (χ0v) is 8.68. The highest BCUT2D eigenvalue weighted by Gasteiger charge is 2.15. The molecule has 0 aliphatic carbocycles. The van der Waals surface area contributed by atoms with Crippen LogP contribution in [0, 0.1) is 0 Å². The fourth-order valence-electron chi connectivity index (χ4n) is 1.34. The maximum Gasteiger partial charge on any atom is 0.0785 e. The van der Waals surface area contributed by atoms with E-state index in [4.69, 9.17) is 0 Å². The van der Waals surface area contributed by atoms with Gasteiger partial charge >= 0.3 is 0 Å². The second-order valence-electron chi connectivity index (χ2n) is 3.43. The van der Waals surface area contributed by atoms with Gasteiger partial charge in [0.15, 0.2) is 0 Å². The first-order valence-electron chi connectivity index (χ1n) is 4.50. The molecular formula is C9H21FN2. The molecule has 12 heavy (non-hydrogen) atoms. The fourth-order valence-corrected chi connectivity index (χ4v) is 1.34. The predicted octanol–water partition coefficient (Wildman–Crippen LogP) is 1.23. The topological polar surface area (TPSA) is 6.48 Å². The molecule has 1 rings (SSSR count). The van der Waals surface area contributed by atoms with E-state index in [1.807, 2.05) is 0 Å². The Morgan fingerprint density at radius 1 is 1.00 bits per heavy atom. The van der Waals surface area contributed by atoms with Crippen LogP contribution in [0.3, 0.4) is 0 Å². The highest BCUT2D eigenvalue weighted by Crippen LogP contribution is 2.02. The van der Waals surface area contributed by atoms with Crippen LogP contribution in [0.15, 0.2) is 0 Å². The van der Waals surface area contributed by atoms with Crippen molar-refractivity contribution in [1.29, 1.82) is 0 Å². The molecule has 0 spiro atoms. The molecular weight excluding hydrogens is 155 g/mol. The van der Waals surface area contributed by atoms with E-state index >= 15 is 0 Å². The molecule has 1 aliphatic heterocycles. The summed E-state index contributed by atoms with van der Waals surface area (Å²) in [6, 6.07) is 0.730. The summed E-state index contributed by atoms with van der Waals surface area (Å²) in [7, 11) is 2.69. The molecule has 0 N–H and O–H groups in total. The van der Waals surface area contributed by atoms with Gasteiger partial charge < -0.3 is 4.90 Å². The quantitative estimate of drug-likeness (QED) is 0.593. The standard InChI is InChI=1S/C8H18N2.CH3F/c1-8(2)10-6-4-9(3)5-7-10;1-2/h8H,4-7H2,1-3H3;1H3. The van der Waals surface area contributed by atoms with E-state index in [9.17, 15) is 4.39 Å².